The van der Waals surface area contributed by atoms with Gasteiger partial charge in [-0.15, -0.1) is 0 Å². The third-order valence-electron chi connectivity index (χ3n) is 4.94. The molecular weight excluding hydrogens is 342 g/mol. The summed E-state index contributed by atoms with van der Waals surface area (Å²) in [5.74, 6) is -0.767. The van der Waals surface area contributed by atoms with E-state index >= 15 is 0 Å². The van der Waals surface area contributed by atoms with Crippen molar-refractivity contribution in [2.75, 3.05) is 0 Å². The van der Waals surface area contributed by atoms with Crippen LogP contribution >= 0.6 is 15.9 Å². The summed E-state index contributed by atoms with van der Waals surface area (Å²) < 4.78 is 1.00. The normalized spacial score (nSPS) is 25.0. The van der Waals surface area contributed by atoms with Crippen molar-refractivity contribution in [3.05, 3.63) is 33.3 Å². The molecule has 2 unspecified atom stereocenters. The average molecular weight is 366 g/mol. The van der Waals surface area contributed by atoms with Crippen molar-refractivity contribution >= 4 is 27.6 Å². The van der Waals surface area contributed by atoms with E-state index in [0.717, 1.165) is 34.0 Å². The zero-order valence-corrected chi connectivity index (χ0v) is 15.5. The Hall–Kier alpha value is -1.16. The maximum atomic E-state index is 13.0. The van der Waals surface area contributed by atoms with Crippen LogP contribution in [0.15, 0.2) is 16.6 Å². The molecule has 2 atom stereocenters. The summed E-state index contributed by atoms with van der Waals surface area (Å²) in [6.07, 6.45) is 1.61. The summed E-state index contributed by atoms with van der Waals surface area (Å²) in [7, 11) is 0. The number of halogens is 1. The lowest BCUT2D eigenvalue weighted by atomic mass is 9.78. The summed E-state index contributed by atoms with van der Waals surface area (Å²) in [6, 6.07) is 4.06. The Balaban J connectivity index is 2.62. The lowest BCUT2D eigenvalue weighted by molar-refractivity contribution is -0.125. The standard InChI is InChI=1S/C18H24BrNO2/c1-6-11-8-13(19)9-12(7-2)14(11)15-16(21)18(5,10(3)4)20-17(15)22/h8-10,15H,6-7H2,1-5H3,(H,20,22). The van der Waals surface area contributed by atoms with Gasteiger partial charge < -0.3 is 5.32 Å². The first-order valence-electron chi connectivity index (χ1n) is 7.93. The molecule has 3 nitrogen and oxygen atoms in total. The first-order valence-corrected chi connectivity index (χ1v) is 8.73. The Labute approximate surface area is 141 Å². The number of Topliss-reactive ketones (excluding diaryl/α,β-unsaturated/α-hetero) is 1. The van der Waals surface area contributed by atoms with Gasteiger partial charge in [-0.3, -0.25) is 9.59 Å². The van der Waals surface area contributed by atoms with Gasteiger partial charge in [0.1, 0.15) is 5.92 Å². The van der Waals surface area contributed by atoms with Gasteiger partial charge in [0.05, 0.1) is 5.54 Å². The molecule has 0 aliphatic carbocycles. The highest BCUT2D eigenvalue weighted by Gasteiger charge is 2.52. The second-order valence-electron chi connectivity index (χ2n) is 6.49. The van der Waals surface area contributed by atoms with Crippen molar-refractivity contribution in [1.82, 2.24) is 5.32 Å². The largest absolute Gasteiger partial charge is 0.343 e. The molecule has 4 heteroatoms. The van der Waals surface area contributed by atoms with Gasteiger partial charge in [-0.2, -0.15) is 0 Å². The fourth-order valence-corrected chi connectivity index (χ4v) is 3.74. The van der Waals surface area contributed by atoms with Gasteiger partial charge in [-0.05, 0) is 54.5 Å². The van der Waals surface area contributed by atoms with Crippen LogP contribution in [0.1, 0.15) is 57.2 Å². The number of nitrogens with one attached hydrogen (secondary N) is 1. The molecule has 1 aliphatic heterocycles. The molecule has 1 aromatic carbocycles. The van der Waals surface area contributed by atoms with Gasteiger partial charge in [0.2, 0.25) is 5.91 Å². The van der Waals surface area contributed by atoms with Crippen LogP contribution in [0.2, 0.25) is 0 Å². The Kier molecular flexibility index (Phi) is 4.81. The minimum absolute atomic E-state index is 0.000720. The number of hydrogen-bond donors (Lipinski definition) is 1. The third-order valence-corrected chi connectivity index (χ3v) is 5.40. The fourth-order valence-electron chi connectivity index (χ4n) is 3.19. The molecule has 22 heavy (non-hydrogen) atoms. The predicted octanol–water partition coefficient (Wildman–Crippen LogP) is 3.77. The van der Waals surface area contributed by atoms with E-state index in [4.69, 9.17) is 0 Å². The number of amides is 1. The first kappa shape index (κ1) is 17.2. The molecule has 1 aliphatic rings. The Morgan fingerprint density at radius 3 is 2.05 bits per heavy atom. The molecule has 1 amide bonds. The van der Waals surface area contributed by atoms with Crippen molar-refractivity contribution in [1.29, 1.82) is 0 Å². The number of carbonyl (C=O) groups is 2. The van der Waals surface area contributed by atoms with Crippen LogP contribution in [-0.4, -0.2) is 17.2 Å². The summed E-state index contributed by atoms with van der Waals surface area (Å²) in [5.41, 5.74) is 2.30. The molecule has 1 heterocycles. The Morgan fingerprint density at radius 2 is 1.68 bits per heavy atom. The molecule has 1 aromatic rings. The van der Waals surface area contributed by atoms with Gasteiger partial charge in [0, 0.05) is 4.47 Å². The van der Waals surface area contributed by atoms with E-state index in [9.17, 15) is 9.59 Å². The lowest BCUT2D eigenvalue weighted by Gasteiger charge is -2.27. The van der Waals surface area contributed by atoms with Crippen molar-refractivity contribution in [3.63, 3.8) is 0 Å². The van der Waals surface area contributed by atoms with Crippen LogP contribution in [0.5, 0.6) is 0 Å². The molecule has 0 spiro atoms. The minimum Gasteiger partial charge on any atom is -0.343 e. The number of carbonyl (C=O) groups excluding carboxylic acids is 2. The van der Waals surface area contributed by atoms with Crippen molar-refractivity contribution < 1.29 is 9.59 Å². The predicted molar refractivity (Wildman–Crippen MR) is 92.0 cm³/mol. The van der Waals surface area contributed by atoms with Crippen LogP contribution in [-0.2, 0) is 22.4 Å². The second-order valence-corrected chi connectivity index (χ2v) is 7.40. The van der Waals surface area contributed by atoms with E-state index in [0.29, 0.717) is 0 Å². The zero-order chi connectivity index (χ0) is 16.7. The van der Waals surface area contributed by atoms with E-state index in [2.05, 4.69) is 35.1 Å². The van der Waals surface area contributed by atoms with Crippen LogP contribution < -0.4 is 5.32 Å². The number of benzene rings is 1. The first-order chi connectivity index (χ1) is 10.3. The maximum Gasteiger partial charge on any atom is 0.235 e. The van der Waals surface area contributed by atoms with Crippen LogP contribution in [0, 0.1) is 5.92 Å². The quantitative estimate of drug-likeness (QED) is 0.825. The molecule has 0 saturated carbocycles. The van der Waals surface area contributed by atoms with E-state index in [1.54, 1.807) is 0 Å². The lowest BCUT2D eigenvalue weighted by Crippen LogP contribution is -2.48. The van der Waals surface area contributed by atoms with Gasteiger partial charge >= 0.3 is 0 Å². The molecule has 0 aromatic heterocycles. The second kappa shape index (κ2) is 6.15. The SMILES string of the molecule is CCc1cc(Br)cc(CC)c1C1C(=O)NC(C)(C(C)C)C1=O. The number of aryl methyl sites for hydroxylation is 2. The van der Waals surface area contributed by atoms with Crippen LogP contribution in [0.4, 0.5) is 0 Å². The maximum absolute atomic E-state index is 13.0. The van der Waals surface area contributed by atoms with Gasteiger partial charge in [-0.25, -0.2) is 0 Å². The Bertz CT molecular complexity index is 599. The highest BCUT2D eigenvalue weighted by molar-refractivity contribution is 9.10. The Morgan fingerprint density at radius 1 is 1.18 bits per heavy atom. The monoisotopic (exact) mass is 365 g/mol. The van der Waals surface area contributed by atoms with Crippen LogP contribution in [0.3, 0.4) is 0 Å². The zero-order valence-electron chi connectivity index (χ0n) is 13.9. The molecule has 2 rings (SSSR count). The smallest absolute Gasteiger partial charge is 0.235 e. The van der Waals surface area contributed by atoms with Crippen molar-refractivity contribution in [3.8, 4) is 0 Å². The average Bonchev–Trinajstić information content (AvgIpc) is 2.69. The molecule has 1 fully saturated rings. The van der Waals surface area contributed by atoms with Crippen molar-refractivity contribution in [2.24, 2.45) is 5.92 Å². The molecule has 1 N–H and O–H groups in total. The highest BCUT2D eigenvalue weighted by atomic mass is 79.9. The topological polar surface area (TPSA) is 46.2 Å². The van der Waals surface area contributed by atoms with Gasteiger partial charge in [0.15, 0.2) is 5.78 Å². The van der Waals surface area contributed by atoms with Crippen LogP contribution in [0.25, 0.3) is 0 Å². The number of hydrogen-bond acceptors (Lipinski definition) is 2. The van der Waals surface area contributed by atoms with Gasteiger partial charge in [0.25, 0.3) is 0 Å². The highest BCUT2D eigenvalue weighted by Crippen LogP contribution is 2.38. The number of rotatable bonds is 4. The molecule has 0 radical (unpaired) electrons. The third kappa shape index (κ3) is 2.62. The van der Waals surface area contributed by atoms with Crippen molar-refractivity contribution in [2.45, 2.75) is 58.9 Å². The molecular formula is C18H24BrNO2. The van der Waals surface area contributed by atoms with Gasteiger partial charge in [-0.1, -0.05) is 43.6 Å². The molecule has 0 bridgehead atoms. The molecule has 1 saturated heterocycles. The fraction of sp³-hybridized carbons (Fsp3) is 0.556. The van der Waals surface area contributed by atoms with E-state index in [1.165, 1.54) is 0 Å². The minimum atomic E-state index is -0.773. The van der Waals surface area contributed by atoms with E-state index < -0.39 is 11.5 Å². The summed E-state index contributed by atoms with van der Waals surface area (Å²) in [6.45, 7) is 9.91. The van der Waals surface area contributed by atoms with E-state index in [1.807, 2.05) is 32.9 Å². The number of ketones is 1. The van der Waals surface area contributed by atoms with E-state index in [-0.39, 0.29) is 17.6 Å². The summed E-state index contributed by atoms with van der Waals surface area (Å²) in [4.78, 5) is 25.6. The summed E-state index contributed by atoms with van der Waals surface area (Å²) in [5, 5.41) is 2.95. The molecule has 120 valence electrons. The summed E-state index contributed by atoms with van der Waals surface area (Å²) >= 11 is 3.53.